The third-order valence-corrected chi connectivity index (χ3v) is 4.61. The van der Waals surface area contributed by atoms with E-state index in [4.69, 9.17) is 17.2 Å². The Morgan fingerprint density at radius 3 is 2.10 bits per heavy atom. The van der Waals surface area contributed by atoms with E-state index in [-0.39, 0.29) is 31.4 Å². The van der Waals surface area contributed by atoms with Crippen LogP contribution < -0.4 is 27.8 Å². The van der Waals surface area contributed by atoms with Crippen LogP contribution >= 0.6 is 0 Å². The Balaban J connectivity index is 2.92. The molecular weight excluding hydrogens is 406 g/mol. The molecule has 1 aromatic rings. The highest BCUT2D eigenvalue weighted by atomic mass is 16.4. The van der Waals surface area contributed by atoms with Gasteiger partial charge in [0, 0.05) is 12.8 Å². The third kappa shape index (κ3) is 9.92. The van der Waals surface area contributed by atoms with Gasteiger partial charge < -0.3 is 38.0 Å². The maximum atomic E-state index is 12.8. The minimum atomic E-state index is -1.20. The van der Waals surface area contributed by atoms with Gasteiger partial charge in [-0.15, -0.1) is 0 Å². The molecule has 11 heteroatoms. The molecule has 0 bridgehead atoms. The highest BCUT2D eigenvalue weighted by Crippen LogP contribution is 2.12. The number of rotatable bonds is 14. The van der Waals surface area contributed by atoms with Gasteiger partial charge in [-0.1, -0.05) is 12.1 Å². The molecule has 0 radical (unpaired) electrons. The van der Waals surface area contributed by atoms with Gasteiger partial charge in [-0.2, -0.15) is 0 Å². The van der Waals surface area contributed by atoms with Gasteiger partial charge in [0.2, 0.25) is 17.7 Å². The number of nitrogens with one attached hydrogen (secondary N) is 2. The van der Waals surface area contributed by atoms with Gasteiger partial charge in [-0.3, -0.25) is 14.4 Å². The molecule has 3 amide bonds. The molecule has 0 aliphatic heterocycles. The lowest BCUT2D eigenvalue weighted by Gasteiger charge is -2.23. The number of nitrogens with two attached hydrogens (primary N) is 3. The van der Waals surface area contributed by atoms with Crippen LogP contribution in [-0.2, 0) is 25.6 Å². The SMILES string of the molecule is NCCCC[C@H](NC(=O)[C@H](Cc1ccc(O)cc1)NC(=O)[C@@H](N)CCC(N)=O)C(=O)O. The van der Waals surface area contributed by atoms with Gasteiger partial charge in [0.1, 0.15) is 17.8 Å². The number of carboxylic acid groups (broad SMARTS) is 1. The van der Waals surface area contributed by atoms with Crippen LogP contribution in [0.3, 0.4) is 0 Å². The van der Waals surface area contributed by atoms with E-state index in [1.807, 2.05) is 0 Å². The highest BCUT2D eigenvalue weighted by molar-refractivity contribution is 5.92. The van der Waals surface area contributed by atoms with Crippen molar-refractivity contribution in [2.75, 3.05) is 6.54 Å². The summed E-state index contributed by atoms with van der Waals surface area (Å²) in [7, 11) is 0. The molecule has 31 heavy (non-hydrogen) atoms. The fraction of sp³-hybridized carbons (Fsp3) is 0.500. The molecule has 0 fully saturated rings. The fourth-order valence-corrected chi connectivity index (χ4v) is 2.81. The van der Waals surface area contributed by atoms with Crippen LogP contribution in [0.25, 0.3) is 0 Å². The first-order valence-electron chi connectivity index (χ1n) is 9.99. The molecule has 3 atom stereocenters. The van der Waals surface area contributed by atoms with E-state index in [0.717, 1.165) is 0 Å². The molecule has 11 nitrogen and oxygen atoms in total. The van der Waals surface area contributed by atoms with E-state index in [2.05, 4.69) is 10.6 Å². The summed E-state index contributed by atoms with van der Waals surface area (Å²) in [6.45, 7) is 0.406. The number of hydrogen-bond acceptors (Lipinski definition) is 7. The molecule has 0 aromatic heterocycles. The molecule has 0 heterocycles. The summed E-state index contributed by atoms with van der Waals surface area (Å²) in [5, 5.41) is 23.8. The Hall–Kier alpha value is -3.18. The van der Waals surface area contributed by atoms with Gasteiger partial charge in [-0.25, -0.2) is 4.79 Å². The van der Waals surface area contributed by atoms with Gasteiger partial charge >= 0.3 is 5.97 Å². The van der Waals surface area contributed by atoms with Crippen LogP contribution in [0.5, 0.6) is 5.75 Å². The summed E-state index contributed by atoms with van der Waals surface area (Å²) in [5.74, 6) is -3.13. The molecular formula is C20H31N5O6. The largest absolute Gasteiger partial charge is 0.508 e. The van der Waals surface area contributed by atoms with Crippen LogP contribution in [0, 0.1) is 0 Å². The fourth-order valence-electron chi connectivity index (χ4n) is 2.81. The number of hydrogen-bond donors (Lipinski definition) is 7. The Morgan fingerprint density at radius 1 is 0.935 bits per heavy atom. The number of benzene rings is 1. The molecule has 0 unspecified atom stereocenters. The molecule has 172 valence electrons. The zero-order valence-corrected chi connectivity index (χ0v) is 17.3. The monoisotopic (exact) mass is 437 g/mol. The van der Waals surface area contributed by atoms with Gasteiger partial charge in [0.25, 0.3) is 0 Å². The summed E-state index contributed by atoms with van der Waals surface area (Å²) in [6, 6.07) is 2.68. The Labute approximate surface area is 180 Å². The second kappa shape index (κ2) is 13.2. The van der Waals surface area contributed by atoms with Crippen molar-refractivity contribution < 1.29 is 29.4 Å². The molecule has 0 saturated carbocycles. The maximum absolute atomic E-state index is 12.8. The number of carbonyl (C=O) groups excluding carboxylic acids is 3. The van der Waals surface area contributed by atoms with E-state index in [9.17, 15) is 29.4 Å². The molecule has 0 saturated heterocycles. The molecule has 10 N–H and O–H groups in total. The summed E-state index contributed by atoms with van der Waals surface area (Å²) in [4.78, 5) is 47.6. The predicted molar refractivity (Wildman–Crippen MR) is 113 cm³/mol. The summed E-state index contributed by atoms with van der Waals surface area (Å²) < 4.78 is 0. The number of amides is 3. The average Bonchev–Trinajstić information content (AvgIpc) is 2.71. The Kier molecular flexibility index (Phi) is 11.0. The van der Waals surface area contributed by atoms with Gasteiger partial charge in [0.15, 0.2) is 0 Å². The summed E-state index contributed by atoms with van der Waals surface area (Å²) in [5.41, 5.74) is 16.9. The van der Waals surface area contributed by atoms with Crippen molar-refractivity contribution in [2.45, 2.75) is 56.7 Å². The number of unbranched alkanes of at least 4 members (excludes halogenated alkanes) is 1. The summed E-state index contributed by atoms with van der Waals surface area (Å²) >= 11 is 0. The van der Waals surface area contributed by atoms with Crippen molar-refractivity contribution in [3.63, 3.8) is 0 Å². The highest BCUT2D eigenvalue weighted by Gasteiger charge is 2.28. The zero-order valence-electron chi connectivity index (χ0n) is 17.3. The van der Waals surface area contributed by atoms with E-state index < -0.39 is 41.8 Å². The molecule has 0 aliphatic rings. The minimum Gasteiger partial charge on any atom is -0.508 e. The van der Waals surface area contributed by atoms with E-state index in [0.29, 0.717) is 24.9 Å². The quantitative estimate of drug-likeness (QED) is 0.174. The first-order valence-corrected chi connectivity index (χ1v) is 9.99. The minimum absolute atomic E-state index is 0.00551. The first kappa shape index (κ1) is 25.9. The average molecular weight is 437 g/mol. The van der Waals surface area contributed by atoms with Crippen LogP contribution in [0.4, 0.5) is 0 Å². The van der Waals surface area contributed by atoms with Crippen LogP contribution in [0.2, 0.25) is 0 Å². The Bertz CT molecular complexity index is 755. The van der Waals surface area contributed by atoms with E-state index in [1.54, 1.807) is 12.1 Å². The van der Waals surface area contributed by atoms with E-state index in [1.165, 1.54) is 12.1 Å². The number of aliphatic carboxylic acids is 1. The smallest absolute Gasteiger partial charge is 0.326 e. The lowest BCUT2D eigenvalue weighted by atomic mass is 10.0. The number of phenolic OH excluding ortho intramolecular Hbond substituents is 1. The molecule has 0 aliphatic carbocycles. The van der Waals surface area contributed by atoms with E-state index >= 15 is 0 Å². The van der Waals surface area contributed by atoms with Crippen molar-refractivity contribution in [3.8, 4) is 5.75 Å². The molecule has 0 spiro atoms. The number of aromatic hydroxyl groups is 1. The van der Waals surface area contributed by atoms with Crippen LogP contribution in [0.15, 0.2) is 24.3 Å². The normalized spacial score (nSPS) is 13.6. The number of carbonyl (C=O) groups is 4. The van der Waals surface area contributed by atoms with Gasteiger partial charge in [0.05, 0.1) is 6.04 Å². The summed E-state index contributed by atoms with van der Waals surface area (Å²) in [6.07, 6.45) is 1.27. The standard InChI is InChI=1S/C20H31N5O6/c21-10-2-1-3-15(20(30)31)24-19(29)16(11-12-4-6-13(26)7-5-12)25-18(28)14(22)8-9-17(23)27/h4-7,14-16,26H,1-3,8-11,21-22H2,(H2,23,27)(H,24,29)(H,25,28)(H,30,31)/t14-,15-,16-/m0/s1. The zero-order chi connectivity index (χ0) is 23.4. The lowest BCUT2D eigenvalue weighted by molar-refractivity contribution is -0.142. The first-order chi connectivity index (χ1) is 14.6. The van der Waals surface area contributed by atoms with Crippen molar-refractivity contribution >= 4 is 23.7 Å². The van der Waals surface area contributed by atoms with Crippen molar-refractivity contribution in [1.29, 1.82) is 0 Å². The molecule has 1 rings (SSSR count). The predicted octanol–water partition coefficient (Wildman–Crippen LogP) is -1.29. The topological polar surface area (TPSA) is 211 Å². The van der Waals surface area contributed by atoms with Crippen molar-refractivity contribution in [1.82, 2.24) is 10.6 Å². The maximum Gasteiger partial charge on any atom is 0.326 e. The van der Waals surface area contributed by atoms with Crippen molar-refractivity contribution in [2.24, 2.45) is 17.2 Å². The number of primary amides is 1. The van der Waals surface area contributed by atoms with Crippen molar-refractivity contribution in [3.05, 3.63) is 29.8 Å². The number of carboxylic acids is 1. The second-order valence-electron chi connectivity index (χ2n) is 7.23. The van der Waals surface area contributed by atoms with Crippen LogP contribution in [0.1, 0.15) is 37.7 Å². The third-order valence-electron chi connectivity index (χ3n) is 4.61. The lowest BCUT2D eigenvalue weighted by Crippen LogP contribution is -2.55. The van der Waals surface area contributed by atoms with Gasteiger partial charge in [-0.05, 0) is 49.9 Å². The van der Waals surface area contributed by atoms with Crippen LogP contribution in [-0.4, -0.2) is 58.6 Å². The number of phenols is 1. The second-order valence-corrected chi connectivity index (χ2v) is 7.23. The molecule has 1 aromatic carbocycles. The Morgan fingerprint density at radius 2 is 1.55 bits per heavy atom.